The Balaban J connectivity index is 1.65. The molecule has 1 saturated heterocycles. The lowest BCUT2D eigenvalue weighted by atomic mass is 10.1. The standard InChI is InChI=1S/C23H28N2O6S2/c1-15-8-9-16(14-19(15)33(28,29)25-10-12-31-13-11-25)21(26)24-22-20(23(27)30-2)17-6-4-3-5-7-18(17)32-22/h8-9,14H,3-7,10-13H2,1-2H3,(H,24,26). The number of sulfonamides is 1. The minimum atomic E-state index is -3.75. The molecule has 178 valence electrons. The van der Waals surface area contributed by atoms with Gasteiger partial charge < -0.3 is 14.8 Å². The van der Waals surface area contributed by atoms with Gasteiger partial charge in [-0.05, 0) is 55.9 Å². The SMILES string of the molecule is COC(=O)c1c(NC(=O)c2ccc(C)c(S(=O)(=O)N3CCOCC3)c2)sc2c1CCCCC2. The molecule has 1 aliphatic heterocycles. The van der Waals surface area contributed by atoms with Crippen molar-refractivity contribution in [2.24, 2.45) is 0 Å². The molecule has 0 atom stereocenters. The van der Waals surface area contributed by atoms with Crippen LogP contribution in [0.3, 0.4) is 0 Å². The van der Waals surface area contributed by atoms with E-state index in [-0.39, 0.29) is 23.5 Å². The zero-order valence-electron chi connectivity index (χ0n) is 18.8. The van der Waals surface area contributed by atoms with Crippen molar-refractivity contribution in [3.8, 4) is 0 Å². The number of rotatable bonds is 5. The predicted molar refractivity (Wildman–Crippen MR) is 126 cm³/mol. The van der Waals surface area contributed by atoms with Gasteiger partial charge in [0, 0.05) is 23.5 Å². The molecule has 1 aromatic heterocycles. The van der Waals surface area contributed by atoms with Gasteiger partial charge in [0.15, 0.2) is 0 Å². The number of nitrogens with zero attached hydrogens (tertiary/aromatic N) is 1. The van der Waals surface area contributed by atoms with E-state index in [9.17, 15) is 18.0 Å². The van der Waals surface area contributed by atoms with Gasteiger partial charge in [-0.3, -0.25) is 4.79 Å². The van der Waals surface area contributed by atoms with Gasteiger partial charge in [0.2, 0.25) is 10.0 Å². The fourth-order valence-corrected chi connectivity index (χ4v) is 7.20. The number of esters is 1. The van der Waals surface area contributed by atoms with Crippen LogP contribution in [0, 0.1) is 6.92 Å². The lowest BCUT2D eigenvalue weighted by Crippen LogP contribution is -2.40. The first-order valence-corrected chi connectivity index (χ1v) is 13.3. The lowest BCUT2D eigenvalue weighted by molar-refractivity contribution is 0.0601. The number of aryl methyl sites for hydroxylation is 2. The molecule has 10 heteroatoms. The molecule has 2 heterocycles. The maximum Gasteiger partial charge on any atom is 0.341 e. The maximum atomic E-state index is 13.2. The molecule has 1 aromatic carbocycles. The van der Waals surface area contributed by atoms with Gasteiger partial charge in [-0.25, -0.2) is 13.2 Å². The van der Waals surface area contributed by atoms with Crippen molar-refractivity contribution in [3.63, 3.8) is 0 Å². The Morgan fingerprint density at radius 1 is 1.12 bits per heavy atom. The molecule has 0 radical (unpaired) electrons. The summed E-state index contributed by atoms with van der Waals surface area (Å²) in [5.74, 6) is -0.931. The zero-order chi connectivity index (χ0) is 23.6. The molecular formula is C23H28N2O6S2. The fourth-order valence-electron chi connectivity index (χ4n) is 4.27. The van der Waals surface area contributed by atoms with Gasteiger partial charge >= 0.3 is 5.97 Å². The summed E-state index contributed by atoms with van der Waals surface area (Å²) in [6, 6.07) is 4.64. The summed E-state index contributed by atoms with van der Waals surface area (Å²) in [6.07, 6.45) is 4.78. The Labute approximate surface area is 197 Å². The molecule has 4 rings (SSSR count). The van der Waals surface area contributed by atoms with Crippen LogP contribution < -0.4 is 5.32 Å². The molecule has 0 spiro atoms. The molecule has 1 amide bonds. The number of fused-ring (bicyclic) bond motifs is 1. The van der Waals surface area contributed by atoms with E-state index in [2.05, 4.69) is 5.32 Å². The summed E-state index contributed by atoms with van der Waals surface area (Å²) >= 11 is 1.40. The highest BCUT2D eigenvalue weighted by molar-refractivity contribution is 7.89. The smallest absolute Gasteiger partial charge is 0.341 e. The van der Waals surface area contributed by atoms with Crippen LogP contribution in [0.15, 0.2) is 23.1 Å². The molecule has 0 bridgehead atoms. The van der Waals surface area contributed by atoms with Crippen LogP contribution in [0.25, 0.3) is 0 Å². The number of morpholine rings is 1. The van der Waals surface area contributed by atoms with Gasteiger partial charge in [0.25, 0.3) is 5.91 Å². The molecule has 1 fully saturated rings. The monoisotopic (exact) mass is 492 g/mol. The van der Waals surface area contributed by atoms with Crippen molar-refractivity contribution < 1.29 is 27.5 Å². The molecule has 1 aliphatic carbocycles. The lowest BCUT2D eigenvalue weighted by Gasteiger charge is -2.26. The Morgan fingerprint density at radius 3 is 2.58 bits per heavy atom. The van der Waals surface area contributed by atoms with Crippen LogP contribution in [0.5, 0.6) is 0 Å². The number of carbonyl (C=O) groups excluding carboxylic acids is 2. The fraction of sp³-hybridized carbons (Fsp3) is 0.478. The van der Waals surface area contributed by atoms with Crippen molar-refractivity contribution in [1.82, 2.24) is 4.31 Å². The number of amides is 1. The molecule has 2 aromatic rings. The second-order valence-electron chi connectivity index (χ2n) is 8.21. The average Bonchev–Trinajstić information content (AvgIpc) is 2.99. The second-order valence-corrected chi connectivity index (χ2v) is 11.2. The van der Waals surface area contributed by atoms with Crippen LogP contribution >= 0.6 is 11.3 Å². The van der Waals surface area contributed by atoms with E-state index in [4.69, 9.17) is 9.47 Å². The van der Waals surface area contributed by atoms with E-state index in [1.54, 1.807) is 19.1 Å². The summed E-state index contributed by atoms with van der Waals surface area (Å²) in [5, 5.41) is 3.30. The number of nitrogens with one attached hydrogen (secondary N) is 1. The van der Waals surface area contributed by atoms with Gasteiger partial charge in [-0.2, -0.15) is 4.31 Å². The number of hydrogen-bond acceptors (Lipinski definition) is 7. The van der Waals surface area contributed by atoms with Gasteiger partial charge in [-0.1, -0.05) is 12.5 Å². The number of ether oxygens (including phenoxy) is 2. The van der Waals surface area contributed by atoms with E-state index >= 15 is 0 Å². The van der Waals surface area contributed by atoms with Crippen molar-refractivity contribution in [3.05, 3.63) is 45.3 Å². The number of methoxy groups -OCH3 is 1. The third kappa shape index (κ3) is 4.84. The maximum absolute atomic E-state index is 13.2. The number of anilines is 1. The van der Waals surface area contributed by atoms with Crippen molar-refractivity contribution in [2.45, 2.75) is 43.9 Å². The highest BCUT2D eigenvalue weighted by atomic mass is 32.2. The average molecular weight is 493 g/mol. The van der Waals surface area contributed by atoms with Gasteiger partial charge in [0.1, 0.15) is 5.00 Å². The predicted octanol–water partition coefficient (Wildman–Crippen LogP) is 3.39. The van der Waals surface area contributed by atoms with Crippen molar-refractivity contribution in [1.29, 1.82) is 0 Å². The minimum Gasteiger partial charge on any atom is -0.465 e. The Morgan fingerprint density at radius 2 is 1.85 bits per heavy atom. The summed E-state index contributed by atoms with van der Waals surface area (Å²) in [6.45, 7) is 2.96. The number of hydrogen-bond donors (Lipinski definition) is 1. The second kappa shape index (κ2) is 9.92. The van der Waals surface area contributed by atoms with Crippen LogP contribution in [-0.2, 0) is 32.3 Å². The molecule has 8 nitrogen and oxygen atoms in total. The quantitative estimate of drug-likeness (QED) is 0.507. The molecule has 2 aliphatic rings. The van der Waals surface area contributed by atoms with E-state index in [0.29, 0.717) is 29.3 Å². The van der Waals surface area contributed by atoms with Crippen LogP contribution in [0.2, 0.25) is 0 Å². The first-order valence-electron chi connectivity index (χ1n) is 11.1. The van der Waals surface area contributed by atoms with Crippen LogP contribution in [-0.4, -0.2) is 58.0 Å². The van der Waals surface area contributed by atoms with Crippen LogP contribution in [0.4, 0.5) is 5.00 Å². The molecular weight excluding hydrogens is 464 g/mol. The number of benzene rings is 1. The first-order chi connectivity index (χ1) is 15.8. The van der Waals surface area contributed by atoms with E-state index in [0.717, 1.165) is 42.5 Å². The minimum absolute atomic E-state index is 0.104. The van der Waals surface area contributed by atoms with Crippen LogP contribution in [0.1, 0.15) is 56.0 Å². The third-order valence-electron chi connectivity index (χ3n) is 6.08. The molecule has 0 unspecified atom stereocenters. The number of thiophene rings is 1. The number of carbonyl (C=O) groups is 2. The van der Waals surface area contributed by atoms with E-state index < -0.39 is 21.9 Å². The summed E-state index contributed by atoms with van der Waals surface area (Å²) in [5.41, 5.74) is 2.16. The zero-order valence-corrected chi connectivity index (χ0v) is 20.4. The Bertz CT molecular complexity index is 1170. The van der Waals surface area contributed by atoms with Crippen molar-refractivity contribution in [2.75, 3.05) is 38.7 Å². The van der Waals surface area contributed by atoms with Crippen molar-refractivity contribution >= 4 is 38.2 Å². The Hall–Kier alpha value is -2.27. The first kappa shape index (κ1) is 23.9. The van der Waals surface area contributed by atoms with E-state index in [1.165, 1.54) is 28.8 Å². The normalized spacial score (nSPS) is 17.2. The molecule has 1 N–H and O–H groups in total. The summed E-state index contributed by atoms with van der Waals surface area (Å²) < 4.78 is 38.0. The molecule has 0 saturated carbocycles. The molecule has 33 heavy (non-hydrogen) atoms. The third-order valence-corrected chi connectivity index (χ3v) is 9.32. The van der Waals surface area contributed by atoms with E-state index in [1.807, 2.05) is 0 Å². The largest absolute Gasteiger partial charge is 0.465 e. The highest BCUT2D eigenvalue weighted by Crippen LogP contribution is 2.38. The summed E-state index contributed by atoms with van der Waals surface area (Å²) in [4.78, 5) is 26.9. The van der Waals surface area contributed by atoms with Gasteiger partial charge in [0.05, 0.1) is 30.8 Å². The topological polar surface area (TPSA) is 102 Å². The highest BCUT2D eigenvalue weighted by Gasteiger charge is 2.30. The summed E-state index contributed by atoms with van der Waals surface area (Å²) in [7, 11) is -2.42. The Kier molecular flexibility index (Phi) is 7.18. The van der Waals surface area contributed by atoms with Gasteiger partial charge in [-0.15, -0.1) is 11.3 Å².